The molecular formula is C14H22NO5P. The molecule has 0 heterocycles. The number of hydrogen-bond donors (Lipinski definition) is 1. The van der Waals surface area contributed by atoms with Gasteiger partial charge in [0, 0.05) is 11.1 Å². The van der Waals surface area contributed by atoms with Gasteiger partial charge in [-0.3, -0.25) is 9.05 Å². The molecule has 0 aromatic heterocycles. The molecule has 0 radical (unpaired) electrons. The van der Waals surface area contributed by atoms with Gasteiger partial charge in [0.15, 0.2) is 0 Å². The van der Waals surface area contributed by atoms with E-state index in [0.717, 1.165) is 11.1 Å². The van der Waals surface area contributed by atoms with Gasteiger partial charge >= 0.3 is 7.82 Å². The van der Waals surface area contributed by atoms with Crippen LogP contribution in [0.5, 0.6) is 5.75 Å². The van der Waals surface area contributed by atoms with Gasteiger partial charge in [-0.1, -0.05) is 11.2 Å². The van der Waals surface area contributed by atoms with Crippen LogP contribution in [-0.4, -0.2) is 24.6 Å². The van der Waals surface area contributed by atoms with Gasteiger partial charge in [0.25, 0.3) is 0 Å². The van der Waals surface area contributed by atoms with Gasteiger partial charge in [0.1, 0.15) is 5.75 Å². The molecule has 6 nitrogen and oxygen atoms in total. The third-order valence-electron chi connectivity index (χ3n) is 2.92. The Hall–Kier alpha value is -1.36. The van der Waals surface area contributed by atoms with Crippen LogP contribution in [-0.2, 0) is 13.6 Å². The van der Waals surface area contributed by atoms with E-state index < -0.39 is 7.82 Å². The molecule has 0 saturated heterocycles. The Morgan fingerprint density at radius 2 is 1.76 bits per heavy atom. The van der Waals surface area contributed by atoms with Crippen LogP contribution in [0.2, 0.25) is 0 Å². The predicted molar refractivity (Wildman–Crippen MR) is 81.5 cm³/mol. The number of phosphoric ester groups is 1. The minimum absolute atomic E-state index is 0.214. The molecule has 1 rings (SSSR count). The summed E-state index contributed by atoms with van der Waals surface area (Å²) in [5.74, 6) is 0.417. The summed E-state index contributed by atoms with van der Waals surface area (Å²) in [6.45, 7) is 9.40. The zero-order valence-corrected chi connectivity index (χ0v) is 13.9. The first kappa shape index (κ1) is 17.7. The van der Waals surface area contributed by atoms with Gasteiger partial charge in [-0.2, -0.15) is 0 Å². The molecule has 7 heteroatoms. The van der Waals surface area contributed by atoms with E-state index in [4.69, 9.17) is 18.8 Å². The summed E-state index contributed by atoms with van der Waals surface area (Å²) in [7, 11) is -3.66. The van der Waals surface area contributed by atoms with Crippen LogP contribution in [0.4, 0.5) is 0 Å². The zero-order valence-electron chi connectivity index (χ0n) is 13.0. The number of benzene rings is 1. The number of nitrogens with zero attached hydrogens (tertiary/aromatic N) is 1. The lowest BCUT2D eigenvalue weighted by atomic mass is 9.99. The van der Waals surface area contributed by atoms with Crippen LogP contribution in [0, 0.1) is 20.8 Å². The molecule has 118 valence electrons. The Morgan fingerprint density at radius 1 is 1.19 bits per heavy atom. The van der Waals surface area contributed by atoms with Crippen LogP contribution in [0.15, 0.2) is 11.2 Å². The molecule has 21 heavy (non-hydrogen) atoms. The molecule has 0 unspecified atom stereocenters. The zero-order chi connectivity index (χ0) is 16.0. The number of rotatable bonds is 7. The maximum Gasteiger partial charge on any atom is 0.530 e. The number of hydrogen-bond acceptors (Lipinski definition) is 6. The van der Waals surface area contributed by atoms with Gasteiger partial charge in [0.2, 0.25) is 0 Å². The molecule has 1 aromatic rings. The van der Waals surface area contributed by atoms with E-state index in [0.29, 0.717) is 16.9 Å². The average Bonchev–Trinajstić information content (AvgIpc) is 2.40. The topological polar surface area (TPSA) is 77.4 Å². The lowest BCUT2D eigenvalue weighted by molar-refractivity contribution is 0.167. The Labute approximate surface area is 125 Å². The van der Waals surface area contributed by atoms with E-state index in [-0.39, 0.29) is 13.2 Å². The van der Waals surface area contributed by atoms with Gasteiger partial charge in [-0.25, -0.2) is 4.57 Å². The highest BCUT2D eigenvalue weighted by atomic mass is 31.2. The minimum Gasteiger partial charge on any atom is -0.411 e. The van der Waals surface area contributed by atoms with Crippen molar-refractivity contribution in [1.29, 1.82) is 0 Å². The van der Waals surface area contributed by atoms with Crippen LogP contribution in [0.1, 0.15) is 36.1 Å². The summed E-state index contributed by atoms with van der Waals surface area (Å²) in [6.07, 6.45) is 1.32. The first-order chi connectivity index (χ1) is 9.88. The maximum absolute atomic E-state index is 12.5. The number of oxime groups is 1. The highest BCUT2D eigenvalue weighted by Crippen LogP contribution is 2.51. The van der Waals surface area contributed by atoms with Gasteiger partial charge in [-0.15, -0.1) is 0 Å². The molecule has 0 atom stereocenters. The second-order valence-corrected chi connectivity index (χ2v) is 6.09. The van der Waals surface area contributed by atoms with Crippen molar-refractivity contribution in [1.82, 2.24) is 0 Å². The van der Waals surface area contributed by atoms with Crippen molar-refractivity contribution in [2.45, 2.75) is 34.6 Å². The molecule has 1 N–H and O–H groups in total. The summed E-state index contributed by atoms with van der Waals surface area (Å²) < 4.78 is 28.3. The first-order valence-corrected chi connectivity index (χ1v) is 8.21. The molecule has 0 saturated carbocycles. The summed E-state index contributed by atoms with van der Waals surface area (Å²) in [4.78, 5) is 0. The van der Waals surface area contributed by atoms with Crippen molar-refractivity contribution in [2.24, 2.45) is 5.16 Å². The standard InChI is InChI=1S/C14H22NO5P/c1-6-18-21(17,19-7-2)20-14-11(4)8-10(3)13(9-15-16)12(14)5/h8-9,16H,6-7H2,1-5H3/b15-9+. The van der Waals surface area contributed by atoms with Crippen molar-refractivity contribution >= 4 is 14.0 Å². The summed E-state index contributed by atoms with van der Waals surface area (Å²) in [6, 6.07) is 1.86. The van der Waals surface area contributed by atoms with Crippen molar-refractivity contribution in [3.63, 3.8) is 0 Å². The third kappa shape index (κ3) is 4.30. The smallest absolute Gasteiger partial charge is 0.411 e. The summed E-state index contributed by atoms with van der Waals surface area (Å²) in [5, 5.41) is 11.8. The molecule has 1 aromatic carbocycles. The van der Waals surface area contributed by atoms with E-state index in [1.54, 1.807) is 20.8 Å². The molecule has 0 bridgehead atoms. The molecule has 0 amide bonds. The van der Waals surface area contributed by atoms with Crippen molar-refractivity contribution < 1.29 is 23.3 Å². The Balaban J connectivity index is 3.29. The van der Waals surface area contributed by atoms with Crippen molar-refractivity contribution in [3.05, 3.63) is 28.3 Å². The fourth-order valence-corrected chi connectivity index (χ4v) is 3.41. The van der Waals surface area contributed by atoms with Gasteiger partial charge in [-0.05, 0) is 45.7 Å². The van der Waals surface area contributed by atoms with Crippen LogP contribution in [0.25, 0.3) is 0 Å². The predicted octanol–water partition coefficient (Wildman–Crippen LogP) is 3.98. The SMILES string of the molecule is CCOP(=O)(OCC)Oc1c(C)cc(C)c(/C=N/O)c1C. The van der Waals surface area contributed by atoms with E-state index in [1.807, 2.05) is 19.9 Å². The minimum atomic E-state index is -3.66. The Kier molecular flexibility index (Phi) is 6.40. The fraction of sp³-hybridized carbons (Fsp3) is 0.500. The molecular weight excluding hydrogens is 293 g/mol. The van der Waals surface area contributed by atoms with E-state index in [2.05, 4.69) is 5.16 Å². The second kappa shape index (κ2) is 7.59. The quantitative estimate of drug-likeness (QED) is 0.356. The number of phosphoric acid groups is 1. The Bertz CT molecular complexity index is 561. The molecule has 0 aliphatic rings. The lowest BCUT2D eigenvalue weighted by Crippen LogP contribution is -2.06. The molecule has 0 aliphatic carbocycles. The monoisotopic (exact) mass is 315 g/mol. The van der Waals surface area contributed by atoms with Crippen LogP contribution < -0.4 is 4.52 Å². The molecule has 0 spiro atoms. The van der Waals surface area contributed by atoms with Crippen LogP contribution in [0.3, 0.4) is 0 Å². The molecule has 0 fully saturated rings. The van der Waals surface area contributed by atoms with Gasteiger partial charge < -0.3 is 9.73 Å². The first-order valence-electron chi connectivity index (χ1n) is 6.75. The van der Waals surface area contributed by atoms with E-state index >= 15 is 0 Å². The van der Waals surface area contributed by atoms with E-state index in [9.17, 15) is 4.57 Å². The fourth-order valence-electron chi connectivity index (χ4n) is 2.10. The largest absolute Gasteiger partial charge is 0.530 e. The van der Waals surface area contributed by atoms with Gasteiger partial charge in [0.05, 0.1) is 19.4 Å². The van der Waals surface area contributed by atoms with E-state index in [1.165, 1.54) is 6.21 Å². The van der Waals surface area contributed by atoms with Crippen molar-refractivity contribution in [2.75, 3.05) is 13.2 Å². The third-order valence-corrected chi connectivity index (χ3v) is 4.48. The summed E-state index contributed by atoms with van der Waals surface area (Å²) >= 11 is 0. The normalized spacial score (nSPS) is 12.0. The lowest BCUT2D eigenvalue weighted by Gasteiger charge is -2.21. The summed E-state index contributed by atoms with van der Waals surface area (Å²) in [5.41, 5.74) is 3.15. The average molecular weight is 315 g/mol. The highest BCUT2D eigenvalue weighted by molar-refractivity contribution is 7.48. The van der Waals surface area contributed by atoms with Crippen molar-refractivity contribution in [3.8, 4) is 5.75 Å². The second-order valence-electron chi connectivity index (χ2n) is 4.50. The maximum atomic E-state index is 12.5. The highest BCUT2D eigenvalue weighted by Gasteiger charge is 2.29. The van der Waals surface area contributed by atoms with Crippen LogP contribution >= 0.6 is 7.82 Å². The Morgan fingerprint density at radius 3 is 2.24 bits per heavy atom. The number of aryl methyl sites for hydroxylation is 2. The molecule has 0 aliphatic heterocycles.